The van der Waals surface area contributed by atoms with E-state index in [9.17, 15) is 28.2 Å². The van der Waals surface area contributed by atoms with E-state index in [4.69, 9.17) is 10.00 Å². The smallest absolute Gasteiger partial charge is 0.417 e. The first-order valence-electron chi connectivity index (χ1n) is 9.21. The Hall–Kier alpha value is -3.39. The van der Waals surface area contributed by atoms with Crippen molar-refractivity contribution in [3.8, 4) is 23.5 Å². The number of alkyl carbamates (subject to hydrolysis) is 1. The van der Waals surface area contributed by atoms with Gasteiger partial charge in [-0.25, -0.2) is 4.79 Å². The molecule has 3 N–H and O–H groups in total. The first kappa shape index (κ1) is 20.9. The standard InChI is InChI=1S/C20H18F3N3O5/c1-18-7-12(25-17(29)30-3)19(2,31-18)14-13(18)15(27)26(16(14)28)10-5-4-9(8-24)11(6-10)20(21,22)23/h4-6,12,27-28H,7H2,1-3H3,(H,25,29)/t12-,18+,19-/m0/s1. The fourth-order valence-corrected chi connectivity index (χ4v) is 4.70. The predicted octanol–water partition coefficient (Wildman–Crippen LogP) is 3.37. The molecule has 0 aliphatic carbocycles. The van der Waals surface area contributed by atoms with Crippen LogP contribution in [0.4, 0.5) is 18.0 Å². The summed E-state index contributed by atoms with van der Waals surface area (Å²) in [5.41, 5.74) is -3.93. The zero-order valence-corrected chi connectivity index (χ0v) is 16.7. The molecule has 1 fully saturated rings. The maximum atomic E-state index is 13.4. The molecule has 3 atom stereocenters. The van der Waals surface area contributed by atoms with Crippen molar-refractivity contribution in [2.45, 2.75) is 43.7 Å². The first-order chi connectivity index (χ1) is 14.4. The van der Waals surface area contributed by atoms with Crippen molar-refractivity contribution in [1.29, 1.82) is 5.26 Å². The summed E-state index contributed by atoms with van der Waals surface area (Å²) >= 11 is 0. The number of aromatic hydroxyl groups is 2. The van der Waals surface area contributed by atoms with Crippen LogP contribution < -0.4 is 5.32 Å². The van der Waals surface area contributed by atoms with Gasteiger partial charge in [0.25, 0.3) is 0 Å². The second-order valence-corrected chi connectivity index (χ2v) is 7.90. The van der Waals surface area contributed by atoms with Crippen LogP contribution in [0.2, 0.25) is 0 Å². The maximum Gasteiger partial charge on any atom is 0.417 e. The highest BCUT2D eigenvalue weighted by Gasteiger charge is 2.65. The molecule has 3 heterocycles. The first-order valence-corrected chi connectivity index (χ1v) is 9.21. The predicted molar refractivity (Wildman–Crippen MR) is 98.6 cm³/mol. The van der Waals surface area contributed by atoms with Crippen LogP contribution in [0.25, 0.3) is 5.69 Å². The third-order valence-electron chi connectivity index (χ3n) is 6.01. The average molecular weight is 437 g/mol. The molecule has 2 aromatic rings. The third-order valence-corrected chi connectivity index (χ3v) is 6.01. The lowest BCUT2D eigenvalue weighted by atomic mass is 9.76. The molecule has 1 saturated heterocycles. The van der Waals surface area contributed by atoms with Gasteiger partial charge in [0.2, 0.25) is 11.8 Å². The number of methoxy groups -OCH3 is 1. The van der Waals surface area contributed by atoms with Gasteiger partial charge in [-0.15, -0.1) is 0 Å². The summed E-state index contributed by atoms with van der Waals surface area (Å²) in [5.74, 6) is -0.999. The molecule has 1 aromatic heterocycles. The van der Waals surface area contributed by atoms with Gasteiger partial charge in [0.05, 0.1) is 52.8 Å². The van der Waals surface area contributed by atoms with Crippen molar-refractivity contribution in [2.24, 2.45) is 0 Å². The van der Waals surface area contributed by atoms with Crippen molar-refractivity contribution in [3.63, 3.8) is 0 Å². The number of hydrogen-bond acceptors (Lipinski definition) is 6. The molecular weight excluding hydrogens is 419 g/mol. The minimum Gasteiger partial charge on any atom is -0.494 e. The third kappa shape index (κ3) is 2.75. The highest BCUT2D eigenvalue weighted by atomic mass is 19.4. The Bertz CT molecular complexity index is 1150. The van der Waals surface area contributed by atoms with Gasteiger partial charge in [0.15, 0.2) is 0 Å². The number of fused-ring (bicyclic) bond motifs is 5. The van der Waals surface area contributed by atoms with Gasteiger partial charge < -0.3 is 25.0 Å². The van der Waals surface area contributed by atoms with E-state index in [1.165, 1.54) is 19.2 Å². The summed E-state index contributed by atoms with van der Waals surface area (Å²) in [6, 6.07) is 3.72. The number of ether oxygens (including phenoxy) is 2. The van der Waals surface area contributed by atoms with Crippen molar-refractivity contribution in [2.75, 3.05) is 7.11 Å². The highest BCUT2D eigenvalue weighted by molar-refractivity contribution is 5.69. The average Bonchev–Trinajstić information content (AvgIpc) is 3.21. The Labute approximate surface area is 174 Å². The van der Waals surface area contributed by atoms with Gasteiger partial charge in [-0.2, -0.15) is 18.4 Å². The Balaban J connectivity index is 1.89. The van der Waals surface area contributed by atoms with Crippen molar-refractivity contribution in [3.05, 3.63) is 40.5 Å². The van der Waals surface area contributed by atoms with E-state index in [2.05, 4.69) is 10.1 Å². The van der Waals surface area contributed by atoms with Crippen LogP contribution in [0.5, 0.6) is 11.8 Å². The van der Waals surface area contributed by atoms with Crippen LogP contribution in [0.3, 0.4) is 0 Å². The van der Waals surface area contributed by atoms with Crippen molar-refractivity contribution >= 4 is 6.09 Å². The van der Waals surface area contributed by atoms with E-state index in [-0.39, 0.29) is 23.2 Å². The fraction of sp³-hybridized carbons (Fsp3) is 0.400. The molecule has 11 heteroatoms. The lowest BCUT2D eigenvalue weighted by Gasteiger charge is -2.29. The number of alkyl halides is 3. The zero-order valence-electron chi connectivity index (χ0n) is 16.7. The number of carbonyl (C=O) groups is 1. The minimum absolute atomic E-state index is 0.165. The number of amides is 1. The van der Waals surface area contributed by atoms with Gasteiger partial charge in [-0.3, -0.25) is 4.57 Å². The van der Waals surface area contributed by atoms with E-state index in [1.54, 1.807) is 13.8 Å². The van der Waals surface area contributed by atoms with E-state index < -0.39 is 52.4 Å². The van der Waals surface area contributed by atoms with E-state index >= 15 is 0 Å². The molecule has 164 valence electrons. The largest absolute Gasteiger partial charge is 0.494 e. The number of benzene rings is 1. The number of hydrogen-bond donors (Lipinski definition) is 3. The number of rotatable bonds is 2. The van der Waals surface area contributed by atoms with Crippen molar-refractivity contribution in [1.82, 2.24) is 9.88 Å². The van der Waals surface area contributed by atoms with Gasteiger partial charge in [0, 0.05) is 6.42 Å². The molecule has 8 nitrogen and oxygen atoms in total. The molecular formula is C20H18F3N3O5. The molecule has 1 amide bonds. The molecule has 0 spiro atoms. The summed E-state index contributed by atoms with van der Waals surface area (Å²) < 4.78 is 51.8. The molecule has 2 aliphatic rings. The number of carbonyl (C=O) groups excluding carboxylic acids is 1. The van der Waals surface area contributed by atoms with Gasteiger partial charge in [-0.1, -0.05) is 0 Å². The number of aromatic nitrogens is 1. The second kappa shape index (κ2) is 6.31. The molecule has 2 aliphatic heterocycles. The summed E-state index contributed by atoms with van der Waals surface area (Å²) in [6.07, 6.45) is -5.28. The molecule has 0 saturated carbocycles. The van der Waals surface area contributed by atoms with Crippen LogP contribution >= 0.6 is 0 Å². The van der Waals surface area contributed by atoms with Crippen LogP contribution in [-0.2, 0) is 26.9 Å². The molecule has 1 aromatic carbocycles. The molecule has 2 bridgehead atoms. The van der Waals surface area contributed by atoms with E-state index in [0.29, 0.717) is 6.07 Å². The second-order valence-electron chi connectivity index (χ2n) is 7.90. The number of nitrogens with zero attached hydrogens (tertiary/aromatic N) is 2. The zero-order chi connectivity index (χ0) is 22.9. The number of nitrogens with one attached hydrogen (secondary N) is 1. The topological polar surface area (TPSA) is 117 Å². The van der Waals surface area contributed by atoms with Crippen LogP contribution in [0.1, 0.15) is 42.5 Å². The van der Waals surface area contributed by atoms with Gasteiger partial charge >= 0.3 is 12.3 Å². The number of nitriles is 1. The normalized spacial score (nSPS) is 26.4. The number of halogens is 3. The Morgan fingerprint density at radius 1 is 1.32 bits per heavy atom. The highest BCUT2D eigenvalue weighted by Crippen LogP contribution is 2.64. The molecule has 0 unspecified atom stereocenters. The Kier molecular flexibility index (Phi) is 4.24. The van der Waals surface area contributed by atoms with Crippen LogP contribution in [0.15, 0.2) is 18.2 Å². The molecule has 4 rings (SSSR count). The van der Waals surface area contributed by atoms with E-state index in [1.807, 2.05) is 0 Å². The van der Waals surface area contributed by atoms with E-state index in [0.717, 1.165) is 10.6 Å². The molecule has 31 heavy (non-hydrogen) atoms. The SMILES string of the molecule is COC(=O)N[C@H]1C[C@@]2(C)O[C@]1(C)c1c2c(O)n(-c2ccc(C#N)c(C(F)(F)F)c2)c1O. The fourth-order valence-electron chi connectivity index (χ4n) is 4.70. The van der Waals surface area contributed by atoms with Gasteiger partial charge in [0.1, 0.15) is 5.60 Å². The Morgan fingerprint density at radius 2 is 1.97 bits per heavy atom. The lowest BCUT2D eigenvalue weighted by Crippen LogP contribution is -2.46. The van der Waals surface area contributed by atoms with Crippen LogP contribution in [-0.4, -0.2) is 34.0 Å². The lowest BCUT2D eigenvalue weighted by molar-refractivity contribution is -0.137. The molecule has 0 radical (unpaired) electrons. The summed E-state index contributed by atoms with van der Waals surface area (Å²) in [4.78, 5) is 11.7. The van der Waals surface area contributed by atoms with Gasteiger partial charge in [-0.05, 0) is 32.0 Å². The maximum absolute atomic E-state index is 13.4. The summed E-state index contributed by atoms with van der Waals surface area (Å²) in [5, 5.41) is 33.5. The minimum atomic E-state index is -4.81. The van der Waals surface area contributed by atoms with Crippen molar-refractivity contribution < 1.29 is 37.7 Å². The monoisotopic (exact) mass is 437 g/mol. The summed E-state index contributed by atoms with van der Waals surface area (Å²) in [7, 11) is 1.20. The quantitative estimate of drug-likeness (QED) is 0.663. The van der Waals surface area contributed by atoms with Crippen LogP contribution in [0, 0.1) is 11.3 Å². The summed E-state index contributed by atoms with van der Waals surface area (Å²) in [6.45, 7) is 3.26. The Morgan fingerprint density at radius 3 is 2.55 bits per heavy atom.